The summed E-state index contributed by atoms with van der Waals surface area (Å²) in [6, 6.07) is 44.6. The van der Waals surface area contributed by atoms with E-state index in [1.165, 1.54) is 38.9 Å². The third-order valence-corrected chi connectivity index (χ3v) is 12.2. The predicted octanol–water partition coefficient (Wildman–Crippen LogP) is 14.8. The average molecular weight is 964 g/mol. The number of para-hydroxylation sites is 1. The molecule has 0 bridgehead atoms. The molecule has 0 saturated carbocycles. The predicted molar refractivity (Wildman–Crippen MR) is 245 cm³/mol. The SMILES string of the molecule is CC(C)c1cccc(C(C)C)c1-c1ccc2c3ccc(Oc4[c-]c5c(cc4)c4ccccc4n4ccnc54)[c-]c3c3ncc(-c4c(C(C)C)cccc4C(C)C)n3c2c1.[Pt+2]. The molecule has 300 valence electrons. The van der Waals surface area contributed by atoms with Crippen LogP contribution in [-0.4, -0.2) is 18.8 Å². The minimum Gasteiger partial charge on any atom is -0.497 e. The number of hydrogen-bond acceptors (Lipinski definition) is 3. The molecule has 0 N–H and O–H groups in total. The molecule has 0 aliphatic rings. The van der Waals surface area contributed by atoms with Gasteiger partial charge in [-0.15, -0.1) is 12.1 Å². The molecule has 0 fully saturated rings. The summed E-state index contributed by atoms with van der Waals surface area (Å²) in [5.74, 6) is 2.63. The largest absolute Gasteiger partial charge is 2.00 e. The van der Waals surface area contributed by atoms with Gasteiger partial charge in [-0.25, -0.2) is 0 Å². The second-order valence-corrected chi connectivity index (χ2v) is 17.2. The summed E-state index contributed by atoms with van der Waals surface area (Å²) >= 11 is 0. The van der Waals surface area contributed by atoms with Crippen molar-refractivity contribution in [3.63, 3.8) is 0 Å². The molecule has 60 heavy (non-hydrogen) atoms. The molecular formula is C54H48N4OPt. The Hall–Kier alpha value is -5.77. The van der Waals surface area contributed by atoms with Crippen LogP contribution in [0, 0.1) is 12.1 Å². The Morgan fingerprint density at radius 3 is 1.65 bits per heavy atom. The second kappa shape index (κ2) is 15.4. The Morgan fingerprint density at radius 2 is 1.05 bits per heavy atom. The molecule has 5 nitrogen and oxygen atoms in total. The number of ether oxygens (including phenoxy) is 1. The number of aromatic nitrogens is 4. The number of fused-ring (bicyclic) bond motifs is 12. The monoisotopic (exact) mass is 963 g/mol. The first-order valence-corrected chi connectivity index (χ1v) is 21.0. The standard InChI is InChI=1S/C54H48N4O.Pt/c1-31(2)38-14-11-15-39(32(3)4)51(38)35-19-22-45-43-24-21-37(59-36-20-23-42-44-13-9-10-18-48(44)57-26-25-55-53(57)46(42)28-36)29-47(43)54-56-30-50(58(54)49(45)27-35)52-40(33(5)6)16-12-17-41(52)34(7)8;/h9-27,30-34H,1-8H3;/q-2;+2. The molecule has 4 aromatic heterocycles. The number of pyridine rings is 2. The van der Waals surface area contributed by atoms with Crippen LogP contribution in [0.15, 0.2) is 122 Å². The summed E-state index contributed by atoms with van der Waals surface area (Å²) in [4.78, 5) is 9.99. The summed E-state index contributed by atoms with van der Waals surface area (Å²) in [7, 11) is 0. The molecule has 0 aliphatic carbocycles. The topological polar surface area (TPSA) is 43.8 Å². The molecule has 10 aromatic rings. The Balaban J connectivity index is 0.00000462. The van der Waals surface area contributed by atoms with Crippen molar-refractivity contribution in [2.45, 2.75) is 79.1 Å². The maximum Gasteiger partial charge on any atom is 2.00 e. The van der Waals surface area contributed by atoms with Crippen molar-refractivity contribution in [2.75, 3.05) is 0 Å². The molecule has 0 aliphatic heterocycles. The first kappa shape index (κ1) is 39.7. The van der Waals surface area contributed by atoms with Crippen LogP contribution in [0.3, 0.4) is 0 Å². The van der Waals surface area contributed by atoms with Crippen molar-refractivity contribution in [2.24, 2.45) is 0 Å². The van der Waals surface area contributed by atoms with Crippen LogP contribution in [0.4, 0.5) is 0 Å². The fraction of sp³-hybridized carbons (Fsp3) is 0.222. The van der Waals surface area contributed by atoms with Crippen LogP contribution < -0.4 is 4.74 Å². The summed E-state index contributed by atoms with van der Waals surface area (Å²) in [5.41, 5.74) is 14.2. The number of benzene rings is 6. The van der Waals surface area contributed by atoms with Gasteiger partial charge in [0.1, 0.15) is 0 Å². The first-order valence-electron chi connectivity index (χ1n) is 21.0. The Bertz CT molecular complexity index is 3220. The van der Waals surface area contributed by atoms with Gasteiger partial charge in [0.05, 0.1) is 17.0 Å². The van der Waals surface area contributed by atoms with E-state index in [1.54, 1.807) is 0 Å². The second-order valence-electron chi connectivity index (χ2n) is 17.2. The van der Waals surface area contributed by atoms with Crippen LogP contribution in [0.1, 0.15) is 101 Å². The fourth-order valence-electron chi connectivity index (χ4n) is 9.36. The Kier molecular flexibility index (Phi) is 10.2. The molecule has 0 atom stereocenters. The number of hydrogen-bond donors (Lipinski definition) is 0. The van der Waals surface area contributed by atoms with Gasteiger partial charge in [-0.2, -0.15) is 0 Å². The van der Waals surface area contributed by atoms with Crippen molar-refractivity contribution in [3.8, 4) is 33.9 Å². The molecule has 0 amide bonds. The van der Waals surface area contributed by atoms with Crippen molar-refractivity contribution in [3.05, 3.63) is 156 Å². The minimum atomic E-state index is 0. The van der Waals surface area contributed by atoms with E-state index >= 15 is 0 Å². The Labute approximate surface area is 366 Å². The van der Waals surface area contributed by atoms with E-state index in [4.69, 9.17) is 14.7 Å². The van der Waals surface area contributed by atoms with Gasteiger partial charge in [-0.1, -0.05) is 168 Å². The van der Waals surface area contributed by atoms with Gasteiger partial charge in [0.25, 0.3) is 0 Å². The van der Waals surface area contributed by atoms with Crippen LogP contribution in [0.2, 0.25) is 0 Å². The molecule has 4 heterocycles. The maximum absolute atomic E-state index is 6.65. The molecular weight excluding hydrogens is 916 g/mol. The van der Waals surface area contributed by atoms with Crippen molar-refractivity contribution in [1.82, 2.24) is 18.8 Å². The van der Waals surface area contributed by atoms with E-state index in [0.717, 1.165) is 60.3 Å². The fourth-order valence-corrected chi connectivity index (χ4v) is 9.36. The average Bonchev–Trinajstić information content (AvgIpc) is 3.92. The summed E-state index contributed by atoms with van der Waals surface area (Å²) < 4.78 is 11.2. The van der Waals surface area contributed by atoms with E-state index < -0.39 is 0 Å². The molecule has 10 rings (SSSR count). The molecule has 6 aromatic carbocycles. The van der Waals surface area contributed by atoms with E-state index in [0.29, 0.717) is 35.2 Å². The van der Waals surface area contributed by atoms with Crippen molar-refractivity contribution >= 4 is 54.6 Å². The van der Waals surface area contributed by atoms with E-state index in [-0.39, 0.29) is 21.1 Å². The molecule has 0 unspecified atom stereocenters. The van der Waals surface area contributed by atoms with Gasteiger partial charge in [-0.05, 0) is 80.0 Å². The number of nitrogens with zero attached hydrogens (tertiary/aromatic N) is 4. The molecule has 6 heteroatoms. The zero-order valence-corrected chi connectivity index (χ0v) is 37.6. The Morgan fingerprint density at radius 1 is 0.517 bits per heavy atom. The van der Waals surface area contributed by atoms with Gasteiger partial charge in [0.2, 0.25) is 0 Å². The van der Waals surface area contributed by atoms with Gasteiger partial charge in [0.15, 0.2) is 0 Å². The molecule has 0 saturated heterocycles. The van der Waals surface area contributed by atoms with Gasteiger partial charge in [-0.3, -0.25) is 9.97 Å². The first-order chi connectivity index (χ1) is 28.6. The maximum atomic E-state index is 6.65. The number of imidazole rings is 2. The zero-order valence-electron chi connectivity index (χ0n) is 35.4. The normalized spacial score (nSPS) is 12.1. The molecule has 0 radical (unpaired) electrons. The zero-order chi connectivity index (χ0) is 40.7. The van der Waals surface area contributed by atoms with Crippen molar-refractivity contribution in [1.29, 1.82) is 0 Å². The van der Waals surface area contributed by atoms with E-state index in [2.05, 4.69) is 174 Å². The van der Waals surface area contributed by atoms with Gasteiger partial charge >= 0.3 is 21.1 Å². The van der Waals surface area contributed by atoms with E-state index in [9.17, 15) is 0 Å². The van der Waals surface area contributed by atoms with E-state index in [1.807, 2.05) is 24.5 Å². The molecule has 0 spiro atoms. The quantitative estimate of drug-likeness (QED) is 0.113. The number of rotatable bonds is 8. The summed E-state index contributed by atoms with van der Waals surface area (Å²) in [5, 5.41) is 6.29. The van der Waals surface area contributed by atoms with Gasteiger partial charge < -0.3 is 13.5 Å². The smallest absolute Gasteiger partial charge is 0.497 e. The minimum absolute atomic E-state index is 0. The van der Waals surface area contributed by atoms with Crippen LogP contribution >= 0.6 is 0 Å². The van der Waals surface area contributed by atoms with Crippen molar-refractivity contribution < 1.29 is 25.8 Å². The summed E-state index contributed by atoms with van der Waals surface area (Å²) in [6.45, 7) is 18.3. The van der Waals surface area contributed by atoms with Crippen LogP contribution in [0.25, 0.3) is 77.0 Å². The third-order valence-electron chi connectivity index (χ3n) is 12.2. The van der Waals surface area contributed by atoms with Crippen LogP contribution in [0.5, 0.6) is 11.5 Å². The third kappa shape index (κ3) is 6.32. The van der Waals surface area contributed by atoms with Crippen LogP contribution in [-0.2, 0) is 21.1 Å². The van der Waals surface area contributed by atoms with Gasteiger partial charge in [0, 0.05) is 46.7 Å². The summed E-state index contributed by atoms with van der Waals surface area (Å²) in [6.07, 6.45) is 5.92.